The van der Waals surface area contributed by atoms with Crippen LogP contribution in [0.5, 0.6) is 5.75 Å². The van der Waals surface area contributed by atoms with Gasteiger partial charge in [0.15, 0.2) is 0 Å². The summed E-state index contributed by atoms with van der Waals surface area (Å²) in [4.78, 5) is 5.05. The summed E-state index contributed by atoms with van der Waals surface area (Å²) in [7, 11) is 0. The van der Waals surface area contributed by atoms with Crippen molar-refractivity contribution in [2.45, 2.75) is 72.5 Å². The molecule has 1 aromatic heterocycles. The van der Waals surface area contributed by atoms with Crippen molar-refractivity contribution in [1.29, 1.82) is 0 Å². The normalized spacial score (nSPS) is 11.6. The van der Waals surface area contributed by atoms with Crippen LogP contribution in [-0.4, -0.2) is 10.1 Å². The van der Waals surface area contributed by atoms with E-state index < -0.39 is 0 Å². The number of rotatable bonds is 10. The fourth-order valence-electron chi connectivity index (χ4n) is 4.08. The highest BCUT2D eigenvalue weighted by Gasteiger charge is 2.22. The molecule has 0 aliphatic carbocycles. The number of nitrogens with zero attached hydrogens (tertiary/aromatic N) is 1. The largest absolute Gasteiger partial charge is 0.489 e. The van der Waals surface area contributed by atoms with Gasteiger partial charge >= 0.3 is 0 Å². The lowest BCUT2D eigenvalue weighted by Crippen LogP contribution is -2.10. The van der Waals surface area contributed by atoms with Crippen LogP contribution in [-0.2, 0) is 13.2 Å². The Hall–Kier alpha value is -2.91. The van der Waals surface area contributed by atoms with E-state index in [9.17, 15) is 5.11 Å². The summed E-state index contributed by atoms with van der Waals surface area (Å²) < 4.78 is 6.00. The van der Waals surface area contributed by atoms with Crippen LogP contribution in [0.15, 0.2) is 60.7 Å². The van der Waals surface area contributed by atoms with E-state index in [-0.39, 0.29) is 18.4 Å². The number of allylic oxidation sites excluding steroid dienone is 1. The number of hydrogen-bond donors (Lipinski definition) is 1. The third-order valence-corrected chi connectivity index (χ3v) is 5.78. The Kier molecular flexibility index (Phi) is 8.85. The predicted molar refractivity (Wildman–Crippen MR) is 138 cm³/mol. The molecule has 33 heavy (non-hydrogen) atoms. The average molecular weight is 444 g/mol. The predicted octanol–water partition coefficient (Wildman–Crippen LogP) is 7.88. The minimum absolute atomic E-state index is 0.0326. The Morgan fingerprint density at radius 1 is 0.909 bits per heavy atom. The first kappa shape index (κ1) is 24.7. The van der Waals surface area contributed by atoms with Gasteiger partial charge in [0.05, 0.1) is 12.3 Å². The molecule has 3 heteroatoms. The lowest BCUT2D eigenvalue weighted by Gasteiger charge is -2.23. The molecule has 0 aliphatic rings. The molecule has 0 bridgehead atoms. The molecule has 0 saturated heterocycles. The molecule has 3 aromatic rings. The van der Waals surface area contributed by atoms with Gasteiger partial charge in [-0.15, -0.1) is 0 Å². The van der Waals surface area contributed by atoms with Crippen LogP contribution in [0, 0.1) is 0 Å². The highest BCUT2D eigenvalue weighted by Crippen LogP contribution is 2.38. The van der Waals surface area contributed by atoms with Gasteiger partial charge in [-0.2, -0.15) is 0 Å². The molecular formula is C30H37NO2. The molecule has 0 unspecified atom stereocenters. The van der Waals surface area contributed by atoms with Crippen LogP contribution in [0.2, 0.25) is 0 Å². The van der Waals surface area contributed by atoms with Gasteiger partial charge in [0.1, 0.15) is 12.4 Å². The summed E-state index contributed by atoms with van der Waals surface area (Å²) in [6, 6.07) is 18.4. The van der Waals surface area contributed by atoms with E-state index in [1.165, 1.54) is 0 Å². The van der Waals surface area contributed by atoms with Crippen molar-refractivity contribution in [2.75, 3.05) is 0 Å². The molecule has 0 amide bonds. The number of aromatic nitrogens is 1. The van der Waals surface area contributed by atoms with Gasteiger partial charge in [-0.05, 0) is 47.1 Å². The molecule has 0 fully saturated rings. The van der Waals surface area contributed by atoms with Crippen LogP contribution < -0.4 is 4.74 Å². The molecule has 1 heterocycles. The number of hydrogen-bond acceptors (Lipinski definition) is 3. The lowest BCUT2D eigenvalue weighted by atomic mass is 9.87. The second kappa shape index (κ2) is 11.8. The molecule has 0 spiro atoms. The Morgan fingerprint density at radius 3 is 2.15 bits per heavy atom. The molecule has 174 valence electrons. The summed E-state index contributed by atoms with van der Waals surface area (Å²) in [6.45, 7) is 11.3. The van der Waals surface area contributed by atoms with E-state index in [1.54, 1.807) is 0 Å². The SMILES string of the molecule is CCCC=Cc1c(C(C)C)nc(C(C)C)c(CO)c1-c1ccc(OCc2ccccc2)cc1. The molecule has 0 atom stereocenters. The summed E-state index contributed by atoms with van der Waals surface area (Å²) in [5.74, 6) is 1.34. The van der Waals surface area contributed by atoms with Crippen molar-refractivity contribution in [3.8, 4) is 16.9 Å². The smallest absolute Gasteiger partial charge is 0.119 e. The zero-order chi connectivity index (χ0) is 23.8. The maximum absolute atomic E-state index is 10.4. The molecule has 2 aromatic carbocycles. The summed E-state index contributed by atoms with van der Waals surface area (Å²) in [5.41, 5.74) is 7.41. The Bertz CT molecular complexity index is 1050. The molecule has 1 N–H and O–H groups in total. The van der Waals surface area contributed by atoms with E-state index in [2.05, 4.69) is 71.0 Å². The van der Waals surface area contributed by atoms with Gasteiger partial charge < -0.3 is 9.84 Å². The van der Waals surface area contributed by atoms with Gasteiger partial charge in [0.2, 0.25) is 0 Å². The third-order valence-electron chi connectivity index (χ3n) is 5.78. The van der Waals surface area contributed by atoms with Gasteiger partial charge in [0, 0.05) is 16.8 Å². The van der Waals surface area contributed by atoms with Crippen molar-refractivity contribution in [3.05, 3.63) is 88.8 Å². The van der Waals surface area contributed by atoms with Crippen molar-refractivity contribution < 1.29 is 9.84 Å². The molecule has 3 rings (SSSR count). The molecule has 0 aliphatic heterocycles. The first-order valence-corrected chi connectivity index (χ1v) is 12.1. The number of pyridine rings is 1. The van der Waals surface area contributed by atoms with Crippen molar-refractivity contribution in [2.24, 2.45) is 0 Å². The van der Waals surface area contributed by atoms with Gasteiger partial charge in [-0.1, -0.05) is 95.7 Å². The van der Waals surface area contributed by atoms with Crippen molar-refractivity contribution in [3.63, 3.8) is 0 Å². The van der Waals surface area contributed by atoms with Crippen LogP contribution in [0.3, 0.4) is 0 Å². The molecule has 3 nitrogen and oxygen atoms in total. The number of benzene rings is 2. The molecule has 0 radical (unpaired) electrons. The monoisotopic (exact) mass is 443 g/mol. The van der Waals surface area contributed by atoms with Gasteiger partial charge in [-0.3, -0.25) is 4.98 Å². The van der Waals surface area contributed by atoms with Crippen molar-refractivity contribution >= 4 is 6.08 Å². The van der Waals surface area contributed by atoms with Crippen LogP contribution in [0.25, 0.3) is 17.2 Å². The summed E-state index contributed by atoms with van der Waals surface area (Å²) in [5, 5.41) is 10.4. The highest BCUT2D eigenvalue weighted by atomic mass is 16.5. The van der Waals surface area contributed by atoms with E-state index in [0.717, 1.165) is 57.8 Å². The Labute approximate surface area is 199 Å². The van der Waals surface area contributed by atoms with Crippen molar-refractivity contribution in [1.82, 2.24) is 4.98 Å². The first-order chi connectivity index (χ1) is 16.0. The second-order valence-electron chi connectivity index (χ2n) is 9.11. The minimum Gasteiger partial charge on any atom is -0.489 e. The van der Waals surface area contributed by atoms with E-state index in [0.29, 0.717) is 6.61 Å². The molecular weight excluding hydrogens is 406 g/mol. The fourth-order valence-corrected chi connectivity index (χ4v) is 4.08. The minimum atomic E-state index is -0.0326. The van der Waals surface area contributed by atoms with Crippen LogP contribution >= 0.6 is 0 Å². The fraction of sp³-hybridized carbons (Fsp3) is 0.367. The number of unbranched alkanes of at least 4 members (excludes halogenated alkanes) is 1. The highest BCUT2D eigenvalue weighted by molar-refractivity contribution is 5.80. The van der Waals surface area contributed by atoms with E-state index >= 15 is 0 Å². The topological polar surface area (TPSA) is 42.4 Å². The summed E-state index contributed by atoms with van der Waals surface area (Å²) >= 11 is 0. The second-order valence-corrected chi connectivity index (χ2v) is 9.11. The Morgan fingerprint density at radius 2 is 1.58 bits per heavy atom. The first-order valence-electron chi connectivity index (χ1n) is 12.1. The quantitative estimate of drug-likeness (QED) is 0.346. The average Bonchev–Trinajstić information content (AvgIpc) is 2.83. The zero-order valence-corrected chi connectivity index (χ0v) is 20.6. The number of ether oxygens (including phenoxy) is 1. The standard InChI is InChI=1S/C30H37NO2/c1-6-7-9-14-26-28(27(19-32)30(22(4)5)31-29(26)21(2)3)24-15-17-25(18-16-24)33-20-23-12-10-8-11-13-23/h8-18,21-22,32H,6-7,19-20H2,1-5H3. The Balaban J connectivity index is 2.06. The van der Waals surface area contributed by atoms with E-state index in [4.69, 9.17) is 9.72 Å². The third kappa shape index (κ3) is 6.11. The summed E-state index contributed by atoms with van der Waals surface area (Å²) in [6.07, 6.45) is 6.54. The van der Waals surface area contributed by atoms with Crippen LogP contribution in [0.1, 0.15) is 87.4 Å². The zero-order valence-electron chi connectivity index (χ0n) is 20.6. The van der Waals surface area contributed by atoms with Crippen LogP contribution in [0.4, 0.5) is 0 Å². The number of aliphatic hydroxyl groups is 1. The maximum Gasteiger partial charge on any atom is 0.119 e. The molecule has 0 saturated carbocycles. The van der Waals surface area contributed by atoms with Gasteiger partial charge in [0.25, 0.3) is 0 Å². The lowest BCUT2D eigenvalue weighted by molar-refractivity contribution is 0.280. The van der Waals surface area contributed by atoms with E-state index in [1.807, 2.05) is 30.3 Å². The van der Waals surface area contributed by atoms with Gasteiger partial charge in [-0.25, -0.2) is 0 Å². The maximum atomic E-state index is 10.4. The number of aliphatic hydroxyl groups excluding tert-OH is 1.